The number of carbonyl (C=O) groups is 1. The van der Waals surface area contributed by atoms with Crippen LogP contribution in [0.25, 0.3) is 0 Å². The number of para-hydroxylation sites is 1. The first-order valence-corrected chi connectivity index (χ1v) is 9.38. The summed E-state index contributed by atoms with van der Waals surface area (Å²) in [5.41, 5.74) is 1.63. The molecular weight excluding hydrogens is 342 g/mol. The van der Waals surface area contributed by atoms with Gasteiger partial charge in [0.1, 0.15) is 5.75 Å². The molecule has 1 aromatic carbocycles. The standard InChI is InChI=1S/C21H27N3O3/c1-26-19-9-5-4-8-17(19)18(24-12-6-3-7-13-24)15-23-21(25)16-10-11-20(27-2)22-14-16/h4-5,8-11,14,18H,3,6-7,12-13,15H2,1-2H3,(H,23,25). The molecule has 0 radical (unpaired) electrons. The van der Waals surface area contributed by atoms with Gasteiger partial charge in [-0.05, 0) is 38.1 Å². The Hall–Kier alpha value is -2.60. The molecule has 6 nitrogen and oxygen atoms in total. The molecule has 1 N–H and O–H groups in total. The van der Waals surface area contributed by atoms with Crippen molar-refractivity contribution in [2.24, 2.45) is 0 Å². The third-order valence-electron chi connectivity index (χ3n) is 4.99. The SMILES string of the molecule is COc1ccc(C(=O)NCC(c2ccccc2OC)N2CCCCC2)cn1. The van der Waals surface area contributed by atoms with Gasteiger partial charge in [-0.15, -0.1) is 0 Å². The van der Waals surface area contributed by atoms with Crippen LogP contribution in [0.4, 0.5) is 0 Å². The van der Waals surface area contributed by atoms with Crippen molar-refractivity contribution >= 4 is 5.91 Å². The van der Waals surface area contributed by atoms with E-state index in [1.54, 1.807) is 26.4 Å². The minimum absolute atomic E-state index is 0.0802. The Morgan fingerprint density at radius 1 is 1.11 bits per heavy atom. The fraction of sp³-hybridized carbons (Fsp3) is 0.429. The summed E-state index contributed by atoms with van der Waals surface area (Å²) in [5.74, 6) is 1.21. The molecule has 1 unspecified atom stereocenters. The molecule has 0 aliphatic carbocycles. The van der Waals surface area contributed by atoms with Gasteiger partial charge < -0.3 is 14.8 Å². The zero-order valence-corrected chi connectivity index (χ0v) is 16.0. The minimum atomic E-state index is -0.137. The lowest BCUT2D eigenvalue weighted by Crippen LogP contribution is -2.40. The van der Waals surface area contributed by atoms with E-state index in [0.717, 1.165) is 24.4 Å². The lowest BCUT2D eigenvalue weighted by molar-refractivity contribution is 0.0922. The Morgan fingerprint density at radius 2 is 1.89 bits per heavy atom. The number of benzene rings is 1. The fourth-order valence-electron chi connectivity index (χ4n) is 3.53. The van der Waals surface area contributed by atoms with E-state index >= 15 is 0 Å². The number of carbonyl (C=O) groups excluding carboxylic acids is 1. The van der Waals surface area contributed by atoms with E-state index in [2.05, 4.69) is 21.3 Å². The number of hydrogen-bond donors (Lipinski definition) is 1. The molecule has 3 rings (SSSR count). The molecule has 1 fully saturated rings. The smallest absolute Gasteiger partial charge is 0.252 e. The number of nitrogens with one attached hydrogen (secondary N) is 1. The van der Waals surface area contributed by atoms with Gasteiger partial charge in [-0.25, -0.2) is 4.98 Å². The lowest BCUT2D eigenvalue weighted by Gasteiger charge is -2.35. The molecule has 0 spiro atoms. The van der Waals surface area contributed by atoms with Crippen LogP contribution in [0.3, 0.4) is 0 Å². The van der Waals surface area contributed by atoms with Crippen LogP contribution in [-0.2, 0) is 0 Å². The van der Waals surface area contributed by atoms with Gasteiger partial charge in [-0.1, -0.05) is 24.6 Å². The van der Waals surface area contributed by atoms with Crippen LogP contribution in [-0.4, -0.2) is 49.6 Å². The summed E-state index contributed by atoms with van der Waals surface area (Å²) in [5, 5.41) is 3.07. The average molecular weight is 369 g/mol. The van der Waals surface area contributed by atoms with E-state index in [-0.39, 0.29) is 11.9 Å². The van der Waals surface area contributed by atoms with Crippen molar-refractivity contribution in [1.29, 1.82) is 0 Å². The molecule has 0 saturated carbocycles. The summed E-state index contributed by atoms with van der Waals surface area (Å²) in [4.78, 5) is 19.1. The first kappa shape index (κ1) is 19.2. The second-order valence-electron chi connectivity index (χ2n) is 6.65. The molecule has 0 bridgehead atoms. The zero-order chi connectivity index (χ0) is 19.1. The zero-order valence-electron chi connectivity index (χ0n) is 16.0. The molecule has 1 amide bonds. The van der Waals surface area contributed by atoms with Crippen LogP contribution in [0.2, 0.25) is 0 Å². The minimum Gasteiger partial charge on any atom is -0.496 e. The van der Waals surface area contributed by atoms with Crippen LogP contribution < -0.4 is 14.8 Å². The molecule has 2 aromatic rings. The number of hydrogen-bond acceptors (Lipinski definition) is 5. The molecule has 1 atom stereocenters. The molecule has 2 heterocycles. The number of pyridine rings is 1. The maximum atomic E-state index is 12.6. The second-order valence-corrected chi connectivity index (χ2v) is 6.65. The monoisotopic (exact) mass is 369 g/mol. The van der Waals surface area contributed by atoms with E-state index in [9.17, 15) is 4.79 Å². The van der Waals surface area contributed by atoms with Gasteiger partial charge in [-0.2, -0.15) is 0 Å². The fourth-order valence-corrected chi connectivity index (χ4v) is 3.53. The quantitative estimate of drug-likeness (QED) is 0.813. The van der Waals surface area contributed by atoms with Gasteiger partial charge in [0.15, 0.2) is 0 Å². The van der Waals surface area contributed by atoms with E-state index in [1.165, 1.54) is 25.5 Å². The summed E-state index contributed by atoms with van der Waals surface area (Å²) >= 11 is 0. The molecular formula is C21H27N3O3. The number of nitrogens with zero attached hydrogens (tertiary/aromatic N) is 2. The summed E-state index contributed by atoms with van der Waals surface area (Å²) in [6.07, 6.45) is 5.16. The lowest BCUT2D eigenvalue weighted by atomic mass is 10.0. The number of methoxy groups -OCH3 is 2. The van der Waals surface area contributed by atoms with Crippen molar-refractivity contribution < 1.29 is 14.3 Å². The van der Waals surface area contributed by atoms with Crippen molar-refractivity contribution in [2.75, 3.05) is 33.9 Å². The Balaban J connectivity index is 1.75. The molecule has 1 aromatic heterocycles. The normalized spacial score (nSPS) is 15.8. The van der Waals surface area contributed by atoms with Gasteiger partial charge >= 0.3 is 0 Å². The Labute approximate surface area is 160 Å². The van der Waals surface area contributed by atoms with E-state index < -0.39 is 0 Å². The number of ether oxygens (including phenoxy) is 2. The highest BCUT2D eigenvalue weighted by Crippen LogP contribution is 2.30. The van der Waals surface area contributed by atoms with Gasteiger partial charge in [0.2, 0.25) is 5.88 Å². The van der Waals surface area contributed by atoms with E-state index in [0.29, 0.717) is 18.0 Å². The number of piperidine rings is 1. The van der Waals surface area contributed by atoms with Crippen LogP contribution in [0.15, 0.2) is 42.6 Å². The number of likely N-dealkylation sites (tertiary alicyclic amines) is 1. The van der Waals surface area contributed by atoms with Crippen molar-refractivity contribution in [1.82, 2.24) is 15.2 Å². The molecule has 6 heteroatoms. The summed E-state index contributed by atoms with van der Waals surface area (Å²) < 4.78 is 10.6. The van der Waals surface area contributed by atoms with Gasteiger partial charge in [0.05, 0.1) is 25.8 Å². The van der Waals surface area contributed by atoms with Gasteiger partial charge in [0.25, 0.3) is 5.91 Å². The highest BCUT2D eigenvalue weighted by Gasteiger charge is 2.25. The van der Waals surface area contributed by atoms with Crippen molar-refractivity contribution in [3.63, 3.8) is 0 Å². The molecule has 144 valence electrons. The van der Waals surface area contributed by atoms with Gasteiger partial charge in [-0.3, -0.25) is 9.69 Å². The highest BCUT2D eigenvalue weighted by molar-refractivity contribution is 5.93. The van der Waals surface area contributed by atoms with Crippen LogP contribution in [0.1, 0.15) is 41.2 Å². The van der Waals surface area contributed by atoms with E-state index in [4.69, 9.17) is 9.47 Å². The maximum absolute atomic E-state index is 12.6. The maximum Gasteiger partial charge on any atom is 0.252 e. The largest absolute Gasteiger partial charge is 0.496 e. The summed E-state index contributed by atoms with van der Waals surface area (Å²) in [6.45, 7) is 2.58. The average Bonchev–Trinajstić information content (AvgIpc) is 2.75. The van der Waals surface area contributed by atoms with Gasteiger partial charge in [0, 0.05) is 24.4 Å². The Kier molecular flexibility index (Phi) is 6.65. The van der Waals surface area contributed by atoms with Crippen molar-refractivity contribution in [2.45, 2.75) is 25.3 Å². The molecule has 1 saturated heterocycles. The highest BCUT2D eigenvalue weighted by atomic mass is 16.5. The van der Waals surface area contributed by atoms with Crippen LogP contribution in [0, 0.1) is 0 Å². The number of rotatable bonds is 7. The van der Waals surface area contributed by atoms with Crippen molar-refractivity contribution in [3.05, 3.63) is 53.7 Å². The van der Waals surface area contributed by atoms with Crippen LogP contribution in [0.5, 0.6) is 11.6 Å². The second kappa shape index (κ2) is 9.37. The predicted octanol–water partition coefficient (Wildman–Crippen LogP) is 3.06. The first-order valence-electron chi connectivity index (χ1n) is 9.38. The Morgan fingerprint density at radius 3 is 2.56 bits per heavy atom. The Bertz CT molecular complexity index is 743. The van der Waals surface area contributed by atoms with E-state index in [1.807, 2.05) is 18.2 Å². The molecule has 1 aliphatic rings. The predicted molar refractivity (Wildman–Crippen MR) is 104 cm³/mol. The van der Waals surface area contributed by atoms with Crippen LogP contribution >= 0.6 is 0 Å². The molecule has 1 aliphatic heterocycles. The summed E-state index contributed by atoms with van der Waals surface area (Å²) in [6, 6.07) is 11.5. The third-order valence-corrected chi connectivity index (χ3v) is 4.99. The number of amides is 1. The molecule has 27 heavy (non-hydrogen) atoms. The summed E-state index contributed by atoms with van der Waals surface area (Å²) in [7, 11) is 3.24. The van der Waals surface area contributed by atoms with Crippen molar-refractivity contribution in [3.8, 4) is 11.6 Å². The topological polar surface area (TPSA) is 63.7 Å². The number of aromatic nitrogens is 1. The first-order chi connectivity index (χ1) is 13.2. The third kappa shape index (κ3) is 4.77.